The first kappa shape index (κ1) is 56.1. The summed E-state index contributed by atoms with van der Waals surface area (Å²) in [5, 5.41) is 11.2. The Bertz CT molecular complexity index is 2780. The molecule has 14 heteroatoms. The van der Waals surface area contributed by atoms with E-state index in [0.717, 1.165) is 59.6 Å². The minimum absolute atomic E-state index is 0.0882. The number of carbonyl (C=O) groups excluding carboxylic acids is 5. The number of rotatable bonds is 7. The summed E-state index contributed by atoms with van der Waals surface area (Å²) in [6.07, 6.45) is 5.47. The molecule has 4 amide bonds. The summed E-state index contributed by atoms with van der Waals surface area (Å²) in [7, 11) is -3.16. The molecule has 5 aromatic rings. The Morgan fingerprint density at radius 2 is 0.875 bits per heavy atom. The average molecular weight is 1000 g/mol. The fourth-order valence-electron chi connectivity index (χ4n) is 8.00. The second-order valence-electron chi connectivity index (χ2n) is 20.1. The van der Waals surface area contributed by atoms with E-state index in [4.69, 9.17) is 4.74 Å². The van der Waals surface area contributed by atoms with E-state index in [2.05, 4.69) is 119 Å². The van der Waals surface area contributed by atoms with Gasteiger partial charge in [0.25, 0.3) is 11.8 Å². The van der Waals surface area contributed by atoms with Crippen LogP contribution in [0.15, 0.2) is 97.1 Å². The predicted molar refractivity (Wildman–Crippen MR) is 291 cm³/mol. The number of nitrogens with one attached hydrogen (secondary N) is 5. The maximum Gasteiger partial charge on any atom is 0.292 e. The SMILES string of the molecule is CC(C)c1ccc(NS(C)(=O)=O)cc1.CC(C)c1ccc2c(c1)CC(=O)C(=O)N2.CC(C)c1ccc2c(c1)CCC(=O)N2.CC(C)c1ccc2c(c1)CCCC(=O)N2.CC(C)c1ccc2c(c1)OCC(=O)N2. The third kappa shape index (κ3) is 16.9. The molecule has 0 spiro atoms. The largest absolute Gasteiger partial charge is 0.482 e. The summed E-state index contributed by atoms with van der Waals surface area (Å²) in [5.74, 6) is 2.58. The fourth-order valence-corrected chi connectivity index (χ4v) is 8.57. The minimum Gasteiger partial charge on any atom is -0.482 e. The zero-order valence-corrected chi connectivity index (χ0v) is 44.6. The van der Waals surface area contributed by atoms with E-state index in [1.807, 2.05) is 60.7 Å². The number of hydrogen-bond donors (Lipinski definition) is 5. The van der Waals surface area contributed by atoms with Gasteiger partial charge in [0.1, 0.15) is 5.75 Å². The van der Waals surface area contributed by atoms with Crippen LogP contribution in [0.1, 0.15) is 163 Å². The highest BCUT2D eigenvalue weighted by Gasteiger charge is 2.23. The lowest BCUT2D eigenvalue weighted by Gasteiger charge is -2.19. The average Bonchev–Trinajstić information content (AvgIpc) is 3.51. The zero-order chi connectivity index (χ0) is 52.9. The number of benzene rings is 5. The van der Waals surface area contributed by atoms with Crippen molar-refractivity contribution in [2.75, 3.05) is 38.9 Å². The molecular formula is C58H73N5O8S. The molecule has 72 heavy (non-hydrogen) atoms. The maximum atomic E-state index is 11.4. The van der Waals surface area contributed by atoms with Crippen LogP contribution >= 0.6 is 0 Å². The number of fused-ring (bicyclic) bond motifs is 4. The molecule has 9 rings (SSSR count). The van der Waals surface area contributed by atoms with Crippen LogP contribution in [0.5, 0.6) is 5.75 Å². The van der Waals surface area contributed by atoms with Crippen molar-refractivity contribution in [3.8, 4) is 5.75 Å². The van der Waals surface area contributed by atoms with Gasteiger partial charge >= 0.3 is 0 Å². The topological polar surface area (TPSA) is 189 Å². The van der Waals surface area contributed by atoms with Crippen LogP contribution in [-0.4, -0.2) is 50.7 Å². The molecule has 0 radical (unpaired) electrons. The first-order valence-electron chi connectivity index (χ1n) is 24.9. The van der Waals surface area contributed by atoms with E-state index >= 15 is 0 Å². The molecule has 0 fully saturated rings. The molecule has 384 valence electrons. The molecule has 4 aliphatic rings. The second-order valence-corrected chi connectivity index (χ2v) is 21.9. The van der Waals surface area contributed by atoms with Gasteiger partial charge in [-0.15, -0.1) is 0 Å². The summed E-state index contributed by atoms with van der Waals surface area (Å²) in [5.41, 5.74) is 13.9. The minimum atomic E-state index is -3.16. The number of aryl methyl sites for hydroxylation is 2. The number of ketones is 1. The predicted octanol–water partition coefficient (Wildman–Crippen LogP) is 12.0. The lowest BCUT2D eigenvalue weighted by molar-refractivity contribution is -0.134. The highest BCUT2D eigenvalue weighted by molar-refractivity contribution is 7.92. The standard InChI is InChI=1S/C13H17NO.C12H13NO2.C12H15NO.C11H13NO2.C10H15NO2S/c1-9(2)10-6-7-12-11(8-10)4-3-5-13(15)14-12;1-7(2)8-3-4-10-9(5-8)6-11(14)12(15)13-10;1-8(2)9-3-5-11-10(7-9)4-6-12(14)13-11;1-7(2)8-3-4-9-10(5-8)14-6-11(13)12-9;1-8(2)9-4-6-10(7-5-9)11-14(3,12)13/h6-9H,3-5H2,1-2H3,(H,14,15);3-5,7H,6H2,1-2H3,(H,13,15);3,5,7-8H,4,6H2,1-2H3,(H,13,14);3-5,7H,6H2,1-2H3,(H,12,13);4-8,11H,1-3H3. The summed E-state index contributed by atoms with van der Waals surface area (Å²) < 4.78 is 29.6. The molecule has 0 aromatic heterocycles. The second kappa shape index (κ2) is 25.5. The van der Waals surface area contributed by atoms with Crippen LogP contribution in [0.3, 0.4) is 0 Å². The molecule has 0 bridgehead atoms. The van der Waals surface area contributed by atoms with Gasteiger partial charge in [0, 0.05) is 42.0 Å². The van der Waals surface area contributed by atoms with Gasteiger partial charge in [-0.3, -0.25) is 28.7 Å². The quantitative estimate of drug-likeness (QED) is 0.0996. The maximum absolute atomic E-state index is 11.4. The number of ether oxygens (including phenoxy) is 1. The lowest BCUT2D eigenvalue weighted by atomic mass is 9.95. The van der Waals surface area contributed by atoms with Crippen molar-refractivity contribution in [3.05, 3.63) is 142 Å². The third-order valence-electron chi connectivity index (χ3n) is 12.4. The molecule has 0 saturated carbocycles. The van der Waals surface area contributed by atoms with Crippen molar-refractivity contribution in [1.82, 2.24) is 0 Å². The van der Waals surface area contributed by atoms with Crippen LogP contribution in [0, 0.1) is 0 Å². The summed E-state index contributed by atoms with van der Waals surface area (Å²) in [6, 6.07) is 31.8. The lowest BCUT2D eigenvalue weighted by Crippen LogP contribution is -2.29. The van der Waals surface area contributed by atoms with E-state index in [0.29, 0.717) is 48.1 Å². The van der Waals surface area contributed by atoms with Crippen LogP contribution in [0.2, 0.25) is 0 Å². The first-order valence-corrected chi connectivity index (χ1v) is 26.8. The first-order chi connectivity index (χ1) is 34.0. The summed E-state index contributed by atoms with van der Waals surface area (Å²) in [4.78, 5) is 55.8. The van der Waals surface area contributed by atoms with Crippen molar-refractivity contribution >= 4 is 67.9 Å². The molecule has 13 nitrogen and oxygen atoms in total. The molecule has 0 aliphatic carbocycles. The van der Waals surface area contributed by atoms with Gasteiger partial charge < -0.3 is 26.0 Å². The van der Waals surface area contributed by atoms with Gasteiger partial charge in [-0.1, -0.05) is 124 Å². The molecule has 5 N–H and O–H groups in total. The number of carbonyl (C=O) groups is 5. The molecule has 4 aliphatic heterocycles. The van der Waals surface area contributed by atoms with Crippen molar-refractivity contribution in [3.63, 3.8) is 0 Å². The van der Waals surface area contributed by atoms with E-state index in [1.54, 1.807) is 12.1 Å². The Kier molecular flexibility index (Phi) is 19.9. The monoisotopic (exact) mass is 1000 g/mol. The van der Waals surface area contributed by atoms with E-state index in [9.17, 15) is 32.4 Å². The number of sulfonamides is 1. The van der Waals surface area contributed by atoms with Crippen LogP contribution in [-0.2, 0) is 53.3 Å². The number of Topliss-reactive ketones (excluding diaryl/α,β-unsaturated/α-hetero) is 1. The van der Waals surface area contributed by atoms with Gasteiger partial charge in [0.15, 0.2) is 6.61 Å². The summed E-state index contributed by atoms with van der Waals surface area (Å²) >= 11 is 0. The third-order valence-corrected chi connectivity index (χ3v) is 13.1. The van der Waals surface area contributed by atoms with Gasteiger partial charge in [0.2, 0.25) is 27.6 Å². The zero-order valence-electron chi connectivity index (χ0n) is 43.7. The van der Waals surface area contributed by atoms with E-state index < -0.39 is 15.9 Å². The summed E-state index contributed by atoms with van der Waals surface area (Å²) in [6.45, 7) is 21.5. The van der Waals surface area contributed by atoms with Gasteiger partial charge in [-0.05, 0) is 136 Å². The smallest absolute Gasteiger partial charge is 0.292 e. The van der Waals surface area contributed by atoms with Crippen molar-refractivity contribution in [1.29, 1.82) is 0 Å². The Morgan fingerprint density at radius 3 is 1.38 bits per heavy atom. The normalized spacial score (nSPS) is 14.5. The Labute approximate surface area is 426 Å². The molecule has 4 heterocycles. The Balaban J connectivity index is 0.000000167. The van der Waals surface area contributed by atoms with Crippen LogP contribution in [0.4, 0.5) is 28.4 Å². The van der Waals surface area contributed by atoms with Crippen LogP contribution < -0.4 is 30.7 Å². The fraction of sp³-hybridized carbons (Fsp3) is 0.397. The van der Waals surface area contributed by atoms with Gasteiger partial charge in [0.05, 0.1) is 11.9 Å². The molecule has 5 aromatic carbocycles. The number of hydrogen-bond acceptors (Lipinski definition) is 8. The van der Waals surface area contributed by atoms with Gasteiger partial charge in [-0.2, -0.15) is 0 Å². The molecular weight excluding hydrogens is 927 g/mol. The Morgan fingerprint density at radius 1 is 0.458 bits per heavy atom. The van der Waals surface area contributed by atoms with E-state index in [-0.39, 0.29) is 36.5 Å². The van der Waals surface area contributed by atoms with Gasteiger partial charge in [-0.25, -0.2) is 8.42 Å². The molecule has 0 saturated heterocycles. The number of anilines is 5. The van der Waals surface area contributed by atoms with E-state index in [1.165, 1.54) is 38.9 Å². The van der Waals surface area contributed by atoms with Crippen LogP contribution in [0.25, 0.3) is 0 Å². The number of amides is 4. The highest BCUT2D eigenvalue weighted by Crippen LogP contribution is 2.32. The van der Waals surface area contributed by atoms with Crippen molar-refractivity contribution in [2.45, 2.75) is 137 Å². The van der Waals surface area contributed by atoms with Crippen molar-refractivity contribution in [2.24, 2.45) is 0 Å². The Hall–Kier alpha value is -6.80. The highest BCUT2D eigenvalue weighted by atomic mass is 32.2. The van der Waals surface area contributed by atoms with Crippen molar-refractivity contribution < 1.29 is 37.1 Å². The molecule has 0 unspecified atom stereocenters. The molecule has 0 atom stereocenters.